The molecule has 1 heterocycles. The van der Waals surface area contributed by atoms with Crippen molar-refractivity contribution < 1.29 is 4.79 Å². The van der Waals surface area contributed by atoms with Gasteiger partial charge in [0.1, 0.15) is 17.3 Å². The summed E-state index contributed by atoms with van der Waals surface area (Å²) in [5.74, 6) is 0.881. The van der Waals surface area contributed by atoms with Crippen LogP contribution in [0.2, 0.25) is 10.0 Å². The average Bonchev–Trinajstić information content (AvgIpc) is 2.58. The van der Waals surface area contributed by atoms with Crippen LogP contribution in [0.15, 0.2) is 24.3 Å². The third-order valence-electron chi connectivity index (χ3n) is 4.20. The third-order valence-corrected chi connectivity index (χ3v) is 4.77. The summed E-state index contributed by atoms with van der Waals surface area (Å²) in [5.41, 5.74) is 0.749. The number of rotatable bonds is 4. The molecule has 0 aliphatic heterocycles. The number of hydrogen-bond acceptors (Lipinski definition) is 4. The minimum Gasteiger partial charge on any atom is -0.367 e. The van der Waals surface area contributed by atoms with Crippen LogP contribution in [-0.4, -0.2) is 21.9 Å². The second kappa shape index (κ2) is 8.02. The SMILES string of the molecule is Cc1nc(NC2CCCCC2)cc(C(=O)Nc2cc(Cl)ccc2Cl)n1. The Balaban J connectivity index is 1.76. The summed E-state index contributed by atoms with van der Waals surface area (Å²) < 4.78 is 0. The van der Waals surface area contributed by atoms with E-state index in [1.54, 1.807) is 31.2 Å². The molecule has 1 aliphatic carbocycles. The van der Waals surface area contributed by atoms with E-state index in [2.05, 4.69) is 20.6 Å². The fraction of sp³-hybridized carbons (Fsp3) is 0.389. The number of aromatic nitrogens is 2. The number of carbonyl (C=O) groups is 1. The zero-order chi connectivity index (χ0) is 17.8. The number of anilines is 2. The Bertz CT molecular complexity index is 776. The molecule has 25 heavy (non-hydrogen) atoms. The first kappa shape index (κ1) is 18.0. The maximum atomic E-state index is 12.5. The van der Waals surface area contributed by atoms with Gasteiger partial charge in [-0.05, 0) is 38.0 Å². The molecule has 0 unspecified atom stereocenters. The molecule has 0 saturated heterocycles. The van der Waals surface area contributed by atoms with Crippen LogP contribution in [0, 0.1) is 6.92 Å². The number of halogens is 2. The van der Waals surface area contributed by atoms with Gasteiger partial charge in [-0.25, -0.2) is 9.97 Å². The summed E-state index contributed by atoms with van der Waals surface area (Å²) in [6, 6.07) is 7.00. The molecule has 132 valence electrons. The number of amides is 1. The Morgan fingerprint density at radius 1 is 1.12 bits per heavy atom. The van der Waals surface area contributed by atoms with Crippen molar-refractivity contribution in [2.75, 3.05) is 10.6 Å². The lowest BCUT2D eigenvalue weighted by Crippen LogP contribution is -2.24. The predicted molar refractivity (Wildman–Crippen MR) is 102 cm³/mol. The van der Waals surface area contributed by atoms with Crippen molar-refractivity contribution in [3.8, 4) is 0 Å². The van der Waals surface area contributed by atoms with Gasteiger partial charge in [0, 0.05) is 17.1 Å². The molecule has 1 aromatic carbocycles. The normalized spacial score (nSPS) is 15.0. The van der Waals surface area contributed by atoms with Gasteiger partial charge in [0.15, 0.2) is 0 Å². The van der Waals surface area contributed by atoms with Crippen LogP contribution in [-0.2, 0) is 0 Å². The number of carbonyl (C=O) groups excluding carboxylic acids is 1. The molecule has 0 bridgehead atoms. The molecule has 0 spiro atoms. The monoisotopic (exact) mass is 378 g/mol. The van der Waals surface area contributed by atoms with E-state index in [4.69, 9.17) is 23.2 Å². The lowest BCUT2D eigenvalue weighted by molar-refractivity contribution is 0.102. The molecule has 2 N–H and O–H groups in total. The maximum Gasteiger partial charge on any atom is 0.274 e. The molecule has 0 atom stereocenters. The van der Waals surface area contributed by atoms with Crippen molar-refractivity contribution in [3.63, 3.8) is 0 Å². The molecule has 1 aliphatic rings. The molecular formula is C18H20Cl2N4O. The van der Waals surface area contributed by atoms with E-state index in [-0.39, 0.29) is 5.91 Å². The minimum atomic E-state index is -0.346. The van der Waals surface area contributed by atoms with Crippen molar-refractivity contribution >= 4 is 40.6 Å². The molecule has 2 aromatic rings. The molecule has 7 heteroatoms. The van der Waals surface area contributed by atoms with Gasteiger partial charge >= 0.3 is 0 Å². The summed E-state index contributed by atoms with van der Waals surface area (Å²) in [4.78, 5) is 21.2. The number of nitrogens with one attached hydrogen (secondary N) is 2. The first-order valence-electron chi connectivity index (χ1n) is 8.40. The first-order valence-corrected chi connectivity index (χ1v) is 9.15. The highest BCUT2D eigenvalue weighted by atomic mass is 35.5. The van der Waals surface area contributed by atoms with Crippen molar-refractivity contribution in [2.24, 2.45) is 0 Å². The van der Waals surface area contributed by atoms with E-state index in [0.29, 0.717) is 39.1 Å². The van der Waals surface area contributed by atoms with Gasteiger partial charge in [0.2, 0.25) is 0 Å². The van der Waals surface area contributed by atoms with Crippen molar-refractivity contribution in [2.45, 2.75) is 45.1 Å². The fourth-order valence-electron chi connectivity index (χ4n) is 2.99. The second-order valence-corrected chi connectivity index (χ2v) is 7.09. The molecule has 1 fully saturated rings. The summed E-state index contributed by atoms with van der Waals surface area (Å²) in [7, 11) is 0. The third kappa shape index (κ3) is 4.83. The number of aryl methyl sites for hydroxylation is 1. The Labute approximate surface area is 157 Å². The van der Waals surface area contributed by atoms with Crippen LogP contribution in [0.5, 0.6) is 0 Å². The summed E-state index contributed by atoms with van der Waals surface area (Å²) in [5, 5.41) is 7.09. The van der Waals surface area contributed by atoms with Crippen molar-refractivity contribution in [1.82, 2.24) is 9.97 Å². The number of benzene rings is 1. The highest BCUT2D eigenvalue weighted by molar-refractivity contribution is 6.35. The van der Waals surface area contributed by atoms with E-state index in [1.165, 1.54) is 19.3 Å². The summed E-state index contributed by atoms with van der Waals surface area (Å²) in [6.45, 7) is 1.77. The number of hydrogen-bond donors (Lipinski definition) is 2. The molecule has 1 amide bonds. The highest BCUT2D eigenvalue weighted by Crippen LogP contribution is 2.26. The Morgan fingerprint density at radius 2 is 1.88 bits per heavy atom. The lowest BCUT2D eigenvalue weighted by Gasteiger charge is -2.23. The van der Waals surface area contributed by atoms with Crippen LogP contribution < -0.4 is 10.6 Å². The van der Waals surface area contributed by atoms with Crippen LogP contribution in [0.25, 0.3) is 0 Å². The van der Waals surface area contributed by atoms with Crippen LogP contribution in [0.1, 0.15) is 48.4 Å². The zero-order valence-corrected chi connectivity index (χ0v) is 15.5. The Morgan fingerprint density at radius 3 is 2.64 bits per heavy atom. The van der Waals surface area contributed by atoms with Crippen LogP contribution in [0.3, 0.4) is 0 Å². The van der Waals surface area contributed by atoms with E-state index in [0.717, 1.165) is 12.8 Å². The molecular weight excluding hydrogens is 359 g/mol. The quantitative estimate of drug-likeness (QED) is 0.777. The topological polar surface area (TPSA) is 66.9 Å². The van der Waals surface area contributed by atoms with Gasteiger partial charge in [-0.3, -0.25) is 4.79 Å². The van der Waals surface area contributed by atoms with E-state index >= 15 is 0 Å². The van der Waals surface area contributed by atoms with Gasteiger partial charge in [-0.2, -0.15) is 0 Å². The Kier molecular flexibility index (Phi) is 5.76. The van der Waals surface area contributed by atoms with Crippen molar-refractivity contribution in [3.05, 3.63) is 45.8 Å². The molecule has 1 saturated carbocycles. The summed E-state index contributed by atoms with van der Waals surface area (Å²) >= 11 is 12.1. The van der Waals surface area contributed by atoms with Crippen LogP contribution >= 0.6 is 23.2 Å². The van der Waals surface area contributed by atoms with Gasteiger partial charge < -0.3 is 10.6 Å². The smallest absolute Gasteiger partial charge is 0.274 e. The van der Waals surface area contributed by atoms with E-state index < -0.39 is 0 Å². The molecule has 5 nitrogen and oxygen atoms in total. The predicted octanol–water partition coefficient (Wildman–Crippen LogP) is 5.09. The van der Waals surface area contributed by atoms with Gasteiger partial charge in [0.05, 0.1) is 10.7 Å². The Hall–Kier alpha value is -1.85. The first-order chi connectivity index (χ1) is 12.0. The fourth-order valence-corrected chi connectivity index (χ4v) is 3.33. The van der Waals surface area contributed by atoms with Gasteiger partial charge in [-0.1, -0.05) is 42.5 Å². The standard InChI is InChI=1S/C18H20Cl2N4O/c1-11-21-16(10-17(22-11)23-13-5-3-2-4-6-13)18(25)24-15-9-12(19)7-8-14(15)20/h7-10,13H,2-6H2,1H3,(H,24,25)(H,21,22,23). The minimum absolute atomic E-state index is 0.293. The zero-order valence-electron chi connectivity index (χ0n) is 14.0. The highest BCUT2D eigenvalue weighted by Gasteiger charge is 2.16. The van der Waals surface area contributed by atoms with Gasteiger partial charge in [-0.15, -0.1) is 0 Å². The molecule has 3 rings (SSSR count). The van der Waals surface area contributed by atoms with E-state index in [1.807, 2.05) is 0 Å². The van der Waals surface area contributed by atoms with Crippen LogP contribution in [0.4, 0.5) is 11.5 Å². The maximum absolute atomic E-state index is 12.5. The molecule has 1 aromatic heterocycles. The van der Waals surface area contributed by atoms with E-state index in [9.17, 15) is 4.79 Å². The summed E-state index contributed by atoms with van der Waals surface area (Å²) in [6.07, 6.45) is 5.99. The lowest BCUT2D eigenvalue weighted by atomic mass is 9.95. The average molecular weight is 379 g/mol. The molecule has 0 radical (unpaired) electrons. The number of nitrogens with zero attached hydrogens (tertiary/aromatic N) is 2. The van der Waals surface area contributed by atoms with Gasteiger partial charge in [0.25, 0.3) is 5.91 Å². The van der Waals surface area contributed by atoms with Crippen molar-refractivity contribution in [1.29, 1.82) is 0 Å². The second-order valence-electron chi connectivity index (χ2n) is 6.24. The largest absolute Gasteiger partial charge is 0.367 e.